The molecule has 0 spiro atoms. The molecule has 2 aliphatic heterocycles. The van der Waals surface area contributed by atoms with Gasteiger partial charge in [0.05, 0.1) is 16.7 Å². The van der Waals surface area contributed by atoms with Gasteiger partial charge in [0, 0.05) is 18.4 Å². The van der Waals surface area contributed by atoms with Crippen LogP contribution in [-0.2, 0) is 16.3 Å². The maximum absolute atomic E-state index is 12.4. The van der Waals surface area contributed by atoms with Crippen molar-refractivity contribution < 1.29 is 13.2 Å². The highest BCUT2D eigenvalue weighted by Gasteiger charge is 2.26. The zero-order valence-electron chi connectivity index (χ0n) is 14.1. The summed E-state index contributed by atoms with van der Waals surface area (Å²) in [6.45, 7) is 1.87. The highest BCUT2D eigenvalue weighted by molar-refractivity contribution is 7.91. The molecule has 2 N–H and O–H groups in total. The van der Waals surface area contributed by atoms with Gasteiger partial charge in [0.1, 0.15) is 0 Å². The predicted octanol–water partition coefficient (Wildman–Crippen LogP) is 1.81. The Balaban J connectivity index is 0.00000196. The van der Waals surface area contributed by atoms with Gasteiger partial charge < -0.3 is 10.6 Å². The molecule has 1 unspecified atom stereocenters. The molecule has 1 aromatic carbocycles. The molecule has 140 valence electrons. The molecule has 0 aliphatic carbocycles. The van der Waals surface area contributed by atoms with Crippen LogP contribution < -0.4 is 10.6 Å². The summed E-state index contributed by atoms with van der Waals surface area (Å²) in [5.41, 5.74) is 1.61. The number of piperidine rings is 1. The van der Waals surface area contributed by atoms with Crippen molar-refractivity contribution in [2.45, 2.75) is 30.2 Å². The Morgan fingerprint density at radius 2 is 2.15 bits per heavy atom. The summed E-state index contributed by atoms with van der Waals surface area (Å²) in [4.78, 5) is 12.7. The van der Waals surface area contributed by atoms with Crippen LogP contribution in [0.3, 0.4) is 0 Å². The first-order valence-corrected chi connectivity index (χ1v) is 10.1. The Bertz CT molecular complexity index is 920. The fourth-order valence-corrected chi connectivity index (χ4v) is 4.98. The van der Waals surface area contributed by atoms with Gasteiger partial charge in [-0.05, 0) is 49.6 Å². The Morgan fingerprint density at radius 3 is 2.92 bits per heavy atom. The van der Waals surface area contributed by atoms with Crippen LogP contribution in [0.5, 0.6) is 0 Å². The number of amides is 1. The van der Waals surface area contributed by atoms with Crippen LogP contribution in [-0.4, -0.2) is 42.9 Å². The molecule has 0 saturated carbocycles. The molecule has 3 heterocycles. The van der Waals surface area contributed by atoms with Crippen molar-refractivity contribution in [2.75, 3.05) is 24.2 Å². The molecule has 1 fully saturated rings. The average Bonchev–Trinajstić information content (AvgIpc) is 3.22. The normalized spacial score (nSPS) is 20.8. The monoisotopic (exact) mass is 396 g/mol. The van der Waals surface area contributed by atoms with E-state index in [1.807, 2.05) is 10.9 Å². The molecule has 2 aromatic rings. The fourth-order valence-electron chi connectivity index (χ4n) is 3.40. The van der Waals surface area contributed by atoms with Crippen LogP contribution in [0, 0.1) is 0 Å². The van der Waals surface area contributed by atoms with Gasteiger partial charge in [-0.2, -0.15) is 5.10 Å². The molecule has 0 radical (unpaired) electrons. The largest absolute Gasteiger partial charge is 0.321 e. The number of rotatable bonds is 3. The topological polar surface area (TPSA) is 93.1 Å². The van der Waals surface area contributed by atoms with Crippen molar-refractivity contribution in [1.29, 1.82) is 0 Å². The maximum Gasteiger partial charge on any atom is 0.276 e. The first-order valence-electron chi connectivity index (χ1n) is 8.46. The average molecular weight is 397 g/mol. The third-order valence-corrected chi connectivity index (χ3v) is 6.58. The second kappa shape index (κ2) is 7.38. The zero-order valence-corrected chi connectivity index (χ0v) is 15.8. The molecule has 0 bridgehead atoms. The number of aryl methyl sites for hydroxylation is 1. The number of anilines is 1. The van der Waals surface area contributed by atoms with E-state index in [1.165, 1.54) is 6.07 Å². The van der Waals surface area contributed by atoms with Crippen LogP contribution in [0.4, 0.5) is 5.69 Å². The van der Waals surface area contributed by atoms with Gasteiger partial charge in [0.25, 0.3) is 5.91 Å². The first-order chi connectivity index (χ1) is 12.0. The zero-order chi connectivity index (χ0) is 17.4. The first kappa shape index (κ1) is 18.9. The lowest BCUT2D eigenvalue weighted by Gasteiger charge is -2.22. The van der Waals surface area contributed by atoms with E-state index in [-0.39, 0.29) is 30.1 Å². The molecule has 1 amide bonds. The Hall–Kier alpha value is -1.90. The summed E-state index contributed by atoms with van der Waals surface area (Å²) < 4.78 is 25.8. The van der Waals surface area contributed by atoms with Crippen molar-refractivity contribution in [3.05, 3.63) is 41.7 Å². The third kappa shape index (κ3) is 3.62. The molecular weight excluding hydrogens is 376 g/mol. The highest BCUT2D eigenvalue weighted by Crippen LogP contribution is 2.28. The van der Waals surface area contributed by atoms with E-state index in [1.54, 1.807) is 18.2 Å². The van der Waals surface area contributed by atoms with Crippen molar-refractivity contribution in [3.63, 3.8) is 0 Å². The minimum Gasteiger partial charge on any atom is -0.321 e. The number of carbonyl (C=O) groups is 1. The van der Waals surface area contributed by atoms with Crippen molar-refractivity contribution >= 4 is 33.8 Å². The van der Waals surface area contributed by atoms with Crippen LogP contribution in [0.1, 0.15) is 34.9 Å². The smallest absolute Gasteiger partial charge is 0.276 e. The van der Waals surface area contributed by atoms with Crippen LogP contribution in [0.15, 0.2) is 35.4 Å². The summed E-state index contributed by atoms with van der Waals surface area (Å²) in [5, 5.41) is 10.4. The number of sulfone groups is 1. The van der Waals surface area contributed by atoms with Crippen molar-refractivity contribution in [2.24, 2.45) is 0 Å². The number of benzene rings is 1. The van der Waals surface area contributed by atoms with Crippen LogP contribution >= 0.6 is 12.4 Å². The second-order valence-corrected chi connectivity index (χ2v) is 8.60. The predicted molar refractivity (Wildman–Crippen MR) is 101 cm³/mol. The Kier molecular flexibility index (Phi) is 5.36. The number of halogens is 1. The summed E-state index contributed by atoms with van der Waals surface area (Å²) in [7, 11) is -3.22. The number of hydrogen-bond donors (Lipinski definition) is 2. The quantitative estimate of drug-likeness (QED) is 0.825. The van der Waals surface area contributed by atoms with E-state index in [0.29, 0.717) is 22.7 Å². The van der Waals surface area contributed by atoms with E-state index in [2.05, 4.69) is 15.7 Å². The van der Waals surface area contributed by atoms with Gasteiger partial charge in [-0.1, -0.05) is 6.07 Å². The molecular formula is C17H21ClN4O3S. The molecule has 26 heavy (non-hydrogen) atoms. The number of nitrogens with zero attached hydrogens (tertiary/aromatic N) is 2. The number of hydrogen-bond acceptors (Lipinski definition) is 5. The minimum absolute atomic E-state index is 0. The number of nitrogens with one attached hydrogen (secondary N) is 2. The Morgan fingerprint density at radius 1 is 1.31 bits per heavy atom. The SMILES string of the molecule is Cl.O=C(Nc1ccc2c(c1)S(=O)(=O)CC2)c1ccn(C2CCCNC2)n1. The van der Waals surface area contributed by atoms with E-state index >= 15 is 0 Å². The number of carbonyl (C=O) groups excluding carboxylic acids is 1. The van der Waals surface area contributed by atoms with E-state index < -0.39 is 9.84 Å². The van der Waals surface area contributed by atoms with Crippen LogP contribution in [0.2, 0.25) is 0 Å². The van der Waals surface area contributed by atoms with E-state index in [4.69, 9.17) is 0 Å². The summed E-state index contributed by atoms with van der Waals surface area (Å²) in [6.07, 6.45) is 4.49. The van der Waals surface area contributed by atoms with Crippen molar-refractivity contribution in [3.8, 4) is 0 Å². The number of fused-ring (bicyclic) bond motifs is 1. The van der Waals surface area contributed by atoms with Crippen LogP contribution in [0.25, 0.3) is 0 Å². The third-order valence-electron chi connectivity index (χ3n) is 4.79. The molecule has 1 saturated heterocycles. The van der Waals surface area contributed by atoms with Gasteiger partial charge in [0.15, 0.2) is 15.5 Å². The van der Waals surface area contributed by atoms with Crippen molar-refractivity contribution in [1.82, 2.24) is 15.1 Å². The molecule has 7 nitrogen and oxygen atoms in total. The lowest BCUT2D eigenvalue weighted by Crippen LogP contribution is -2.32. The summed E-state index contributed by atoms with van der Waals surface area (Å²) >= 11 is 0. The van der Waals surface area contributed by atoms with E-state index in [9.17, 15) is 13.2 Å². The molecule has 1 aromatic heterocycles. The standard InChI is InChI=1S/C17H20N4O3S.ClH/c22-17(15-5-8-21(20-15)14-2-1-7-18-11-14)19-13-4-3-12-6-9-25(23,24)16(12)10-13;/h3-5,8,10,14,18H,1-2,6-7,9,11H2,(H,19,22);1H. The van der Waals surface area contributed by atoms with Gasteiger partial charge in [-0.3, -0.25) is 9.48 Å². The summed E-state index contributed by atoms with van der Waals surface area (Å²) in [6, 6.07) is 6.99. The van der Waals surface area contributed by atoms with Gasteiger partial charge in [0.2, 0.25) is 0 Å². The molecule has 9 heteroatoms. The second-order valence-electron chi connectivity index (χ2n) is 6.53. The molecule has 4 rings (SSSR count). The minimum atomic E-state index is -3.22. The van der Waals surface area contributed by atoms with Gasteiger partial charge in [-0.15, -0.1) is 12.4 Å². The highest BCUT2D eigenvalue weighted by atomic mass is 35.5. The molecule has 1 atom stereocenters. The maximum atomic E-state index is 12.4. The van der Waals surface area contributed by atoms with Gasteiger partial charge in [-0.25, -0.2) is 8.42 Å². The van der Waals surface area contributed by atoms with Gasteiger partial charge >= 0.3 is 0 Å². The number of aromatic nitrogens is 2. The summed E-state index contributed by atoms with van der Waals surface area (Å²) in [5.74, 6) is -0.197. The lowest BCUT2D eigenvalue weighted by molar-refractivity contribution is 0.102. The Labute approximate surface area is 158 Å². The molecule has 2 aliphatic rings. The lowest BCUT2D eigenvalue weighted by atomic mass is 10.1. The van der Waals surface area contributed by atoms with E-state index in [0.717, 1.165) is 31.5 Å². The fraction of sp³-hybridized carbons (Fsp3) is 0.412.